The van der Waals surface area contributed by atoms with Crippen molar-refractivity contribution in [2.75, 3.05) is 25.5 Å². The first kappa shape index (κ1) is 15.9. The van der Waals surface area contributed by atoms with Crippen molar-refractivity contribution < 1.29 is 14.7 Å². The Balaban J connectivity index is 2.98. The first-order chi connectivity index (χ1) is 9.36. The molecule has 0 radical (unpaired) electrons. The lowest BCUT2D eigenvalue weighted by Crippen LogP contribution is -2.28. The Morgan fingerprint density at radius 1 is 1.45 bits per heavy atom. The van der Waals surface area contributed by atoms with Crippen LogP contribution in [0.1, 0.15) is 42.5 Å². The van der Waals surface area contributed by atoms with Gasteiger partial charge in [-0.1, -0.05) is 13.8 Å². The number of nitrogens with one attached hydrogen (secondary N) is 1. The molecule has 2 N–H and O–H groups in total. The quantitative estimate of drug-likeness (QED) is 0.802. The molecule has 0 aliphatic rings. The van der Waals surface area contributed by atoms with Crippen LogP contribution >= 0.6 is 0 Å². The Morgan fingerprint density at radius 2 is 2.10 bits per heavy atom. The molecule has 0 aliphatic carbocycles. The lowest BCUT2D eigenvalue weighted by molar-refractivity contribution is -0.120. The van der Waals surface area contributed by atoms with Crippen LogP contribution in [0.2, 0.25) is 0 Å². The first-order valence-electron chi connectivity index (χ1n) is 6.38. The molecule has 0 bridgehead atoms. The van der Waals surface area contributed by atoms with Crippen molar-refractivity contribution in [3.8, 4) is 0 Å². The van der Waals surface area contributed by atoms with E-state index >= 15 is 0 Å². The highest BCUT2D eigenvalue weighted by Gasteiger charge is 2.18. The van der Waals surface area contributed by atoms with Crippen molar-refractivity contribution in [1.29, 1.82) is 0 Å². The van der Waals surface area contributed by atoms with E-state index in [9.17, 15) is 14.7 Å². The van der Waals surface area contributed by atoms with Crippen molar-refractivity contribution in [2.45, 2.75) is 26.2 Å². The number of hydrogen-bond donors (Lipinski definition) is 2. The second-order valence-corrected chi connectivity index (χ2v) is 4.77. The third-order valence-corrected chi connectivity index (χ3v) is 2.87. The lowest BCUT2D eigenvalue weighted by atomic mass is 10.2. The number of carbonyl (C=O) groups is 2. The Labute approximate surface area is 118 Å². The Hall–Kier alpha value is -2.18. The molecule has 0 spiro atoms. The van der Waals surface area contributed by atoms with Crippen LogP contribution in [0.3, 0.4) is 0 Å². The van der Waals surface area contributed by atoms with Crippen molar-refractivity contribution in [2.24, 2.45) is 0 Å². The zero-order valence-electron chi connectivity index (χ0n) is 12.2. The van der Waals surface area contributed by atoms with Gasteiger partial charge in [0.25, 0.3) is 0 Å². The summed E-state index contributed by atoms with van der Waals surface area (Å²) in [6, 6.07) is 0. The van der Waals surface area contributed by atoms with Gasteiger partial charge in [0, 0.05) is 33.0 Å². The van der Waals surface area contributed by atoms with E-state index in [0.29, 0.717) is 18.1 Å². The fourth-order valence-corrected chi connectivity index (χ4v) is 1.62. The third-order valence-electron chi connectivity index (χ3n) is 2.87. The standard InChI is InChI=1S/C13H20N4O3/c1-8(2)12-15-7-9(11(16-12)13(19)20)17(4)6-5-10(18)14-3/h7-8H,5-6H2,1-4H3,(H,14,18)(H,19,20). The average molecular weight is 280 g/mol. The number of carboxylic acid groups (broad SMARTS) is 1. The molecule has 7 heteroatoms. The molecule has 20 heavy (non-hydrogen) atoms. The van der Waals surface area contributed by atoms with Crippen LogP contribution < -0.4 is 10.2 Å². The molecule has 0 unspecified atom stereocenters. The molecule has 1 aromatic heterocycles. The van der Waals surface area contributed by atoms with Crippen LogP contribution in [-0.2, 0) is 4.79 Å². The Kier molecular flexibility index (Phi) is 5.42. The van der Waals surface area contributed by atoms with E-state index in [1.807, 2.05) is 13.8 Å². The number of carboxylic acids is 1. The van der Waals surface area contributed by atoms with Gasteiger partial charge in [-0.2, -0.15) is 0 Å². The average Bonchev–Trinajstić information content (AvgIpc) is 2.43. The fourth-order valence-electron chi connectivity index (χ4n) is 1.62. The largest absolute Gasteiger partial charge is 0.476 e. The van der Waals surface area contributed by atoms with Crippen LogP contribution in [0.15, 0.2) is 6.20 Å². The summed E-state index contributed by atoms with van der Waals surface area (Å²) in [5.41, 5.74) is 0.369. The highest BCUT2D eigenvalue weighted by Crippen LogP contribution is 2.19. The molecule has 0 aliphatic heterocycles. The van der Waals surface area contributed by atoms with Crippen LogP contribution in [0, 0.1) is 0 Å². The summed E-state index contributed by atoms with van der Waals surface area (Å²) in [6.07, 6.45) is 1.77. The maximum atomic E-state index is 11.3. The molecule has 0 aromatic carbocycles. The van der Waals surface area contributed by atoms with Crippen LogP contribution in [0.25, 0.3) is 0 Å². The molecule has 0 atom stereocenters. The molecule has 1 rings (SSSR count). The van der Waals surface area contributed by atoms with Crippen molar-refractivity contribution in [3.63, 3.8) is 0 Å². The number of aromatic carboxylic acids is 1. The van der Waals surface area contributed by atoms with Gasteiger partial charge in [-0.05, 0) is 0 Å². The monoisotopic (exact) mass is 280 g/mol. The van der Waals surface area contributed by atoms with Crippen LogP contribution in [0.5, 0.6) is 0 Å². The van der Waals surface area contributed by atoms with E-state index in [4.69, 9.17) is 0 Å². The van der Waals surface area contributed by atoms with Gasteiger partial charge in [-0.3, -0.25) is 4.79 Å². The third kappa shape index (κ3) is 3.91. The molecule has 1 aromatic rings. The Bertz CT molecular complexity index is 502. The van der Waals surface area contributed by atoms with Gasteiger partial charge in [-0.25, -0.2) is 14.8 Å². The molecular formula is C13H20N4O3. The number of aromatic nitrogens is 2. The summed E-state index contributed by atoms with van der Waals surface area (Å²) in [5.74, 6) is -0.659. The molecule has 7 nitrogen and oxygen atoms in total. The number of hydrogen-bond acceptors (Lipinski definition) is 5. The summed E-state index contributed by atoms with van der Waals surface area (Å²) in [7, 11) is 3.27. The number of rotatable bonds is 6. The van der Waals surface area contributed by atoms with Crippen molar-refractivity contribution >= 4 is 17.6 Å². The molecule has 1 amide bonds. The van der Waals surface area contributed by atoms with Crippen LogP contribution in [0.4, 0.5) is 5.69 Å². The minimum atomic E-state index is -1.10. The van der Waals surface area contributed by atoms with Crippen molar-refractivity contribution in [3.05, 3.63) is 17.7 Å². The van der Waals surface area contributed by atoms with E-state index < -0.39 is 5.97 Å². The van der Waals surface area contributed by atoms with E-state index in [-0.39, 0.29) is 23.9 Å². The van der Waals surface area contributed by atoms with Crippen molar-refractivity contribution in [1.82, 2.24) is 15.3 Å². The summed E-state index contributed by atoms with van der Waals surface area (Å²) in [4.78, 5) is 32.5. The molecule has 0 saturated carbocycles. The predicted molar refractivity (Wildman–Crippen MR) is 75.0 cm³/mol. The minimum Gasteiger partial charge on any atom is -0.476 e. The molecule has 0 saturated heterocycles. The molecule has 1 heterocycles. The smallest absolute Gasteiger partial charge is 0.356 e. The highest BCUT2D eigenvalue weighted by atomic mass is 16.4. The zero-order valence-corrected chi connectivity index (χ0v) is 12.2. The number of carbonyl (C=O) groups excluding carboxylic acids is 1. The molecular weight excluding hydrogens is 260 g/mol. The van der Waals surface area contributed by atoms with Gasteiger partial charge in [0.15, 0.2) is 5.69 Å². The summed E-state index contributed by atoms with van der Waals surface area (Å²) in [5, 5.41) is 11.8. The SMILES string of the molecule is CNC(=O)CCN(C)c1cnc(C(C)C)nc1C(=O)O. The maximum Gasteiger partial charge on any atom is 0.356 e. The highest BCUT2D eigenvalue weighted by molar-refractivity contribution is 5.92. The zero-order chi connectivity index (χ0) is 15.3. The Morgan fingerprint density at radius 3 is 2.60 bits per heavy atom. The van der Waals surface area contributed by atoms with E-state index in [0.717, 1.165) is 0 Å². The van der Waals surface area contributed by atoms with Gasteiger partial charge >= 0.3 is 5.97 Å². The number of nitrogens with zero attached hydrogens (tertiary/aromatic N) is 3. The van der Waals surface area contributed by atoms with Gasteiger partial charge in [0.05, 0.1) is 11.9 Å². The second kappa shape index (κ2) is 6.83. The second-order valence-electron chi connectivity index (χ2n) is 4.77. The summed E-state index contributed by atoms with van der Waals surface area (Å²) < 4.78 is 0. The van der Waals surface area contributed by atoms with E-state index in [1.54, 1.807) is 19.0 Å². The predicted octanol–water partition coefficient (Wildman–Crippen LogP) is 0.870. The van der Waals surface area contributed by atoms with Gasteiger partial charge in [-0.15, -0.1) is 0 Å². The first-order valence-corrected chi connectivity index (χ1v) is 6.38. The summed E-state index contributed by atoms with van der Waals surface area (Å²) in [6.45, 7) is 4.19. The normalized spacial score (nSPS) is 10.4. The number of amides is 1. The topological polar surface area (TPSA) is 95.4 Å². The van der Waals surface area contributed by atoms with E-state index in [1.165, 1.54) is 6.20 Å². The van der Waals surface area contributed by atoms with Crippen LogP contribution in [-0.4, -0.2) is 47.6 Å². The minimum absolute atomic E-state index is 0.0388. The maximum absolute atomic E-state index is 11.3. The number of anilines is 1. The molecule has 0 fully saturated rings. The fraction of sp³-hybridized carbons (Fsp3) is 0.538. The lowest BCUT2D eigenvalue weighted by Gasteiger charge is -2.20. The van der Waals surface area contributed by atoms with Gasteiger partial charge in [0.1, 0.15) is 5.82 Å². The van der Waals surface area contributed by atoms with Gasteiger partial charge < -0.3 is 15.3 Å². The van der Waals surface area contributed by atoms with E-state index in [2.05, 4.69) is 15.3 Å². The molecule has 110 valence electrons. The summed E-state index contributed by atoms with van der Waals surface area (Å²) >= 11 is 0. The van der Waals surface area contributed by atoms with Gasteiger partial charge in [0.2, 0.25) is 5.91 Å².